The highest BCUT2D eigenvalue weighted by Gasteiger charge is 2.32. The number of carbonyl (C=O) groups excluding carboxylic acids is 1. The zero-order valence-corrected chi connectivity index (χ0v) is 11.9. The van der Waals surface area contributed by atoms with Gasteiger partial charge in [-0.1, -0.05) is 13.8 Å². The molecule has 16 heavy (non-hydrogen) atoms. The van der Waals surface area contributed by atoms with Gasteiger partial charge in [0.2, 0.25) is 0 Å². The lowest BCUT2D eigenvalue weighted by molar-refractivity contribution is -0.123. The third-order valence-electron chi connectivity index (χ3n) is 4.04. The molecule has 1 unspecified atom stereocenters. The first-order chi connectivity index (χ1) is 7.56. The molecule has 0 aromatic heterocycles. The van der Waals surface area contributed by atoms with Crippen LogP contribution in [0.4, 0.5) is 0 Å². The van der Waals surface area contributed by atoms with Crippen molar-refractivity contribution >= 4 is 17.5 Å². The molecule has 94 valence electrons. The van der Waals surface area contributed by atoms with Gasteiger partial charge in [-0.15, -0.1) is 0 Å². The minimum Gasteiger partial charge on any atom is -0.300 e. The average Bonchev–Trinajstić information content (AvgIpc) is 2.29. The van der Waals surface area contributed by atoms with Crippen LogP contribution in [0.5, 0.6) is 0 Å². The van der Waals surface area contributed by atoms with E-state index in [0.717, 1.165) is 25.9 Å². The molecule has 1 atom stereocenters. The first-order valence-corrected chi connectivity index (χ1v) is 7.60. The van der Waals surface area contributed by atoms with Crippen molar-refractivity contribution in [2.45, 2.75) is 57.2 Å². The van der Waals surface area contributed by atoms with Gasteiger partial charge in [-0.05, 0) is 26.0 Å². The summed E-state index contributed by atoms with van der Waals surface area (Å²) in [5.41, 5.74) is 0. The summed E-state index contributed by atoms with van der Waals surface area (Å²) in [6.45, 7) is 8.84. The van der Waals surface area contributed by atoms with Crippen molar-refractivity contribution < 1.29 is 4.79 Å². The van der Waals surface area contributed by atoms with Crippen LogP contribution in [0.3, 0.4) is 0 Å². The van der Waals surface area contributed by atoms with Crippen molar-refractivity contribution in [3.8, 4) is 0 Å². The lowest BCUT2D eigenvalue weighted by Crippen LogP contribution is -2.48. The van der Waals surface area contributed by atoms with Gasteiger partial charge in [-0.2, -0.15) is 11.8 Å². The third kappa shape index (κ3) is 3.24. The van der Waals surface area contributed by atoms with E-state index in [-0.39, 0.29) is 0 Å². The van der Waals surface area contributed by atoms with Gasteiger partial charge in [0.05, 0.1) is 0 Å². The van der Waals surface area contributed by atoms with Gasteiger partial charge < -0.3 is 0 Å². The Labute approximate surface area is 104 Å². The quantitative estimate of drug-likeness (QED) is 0.740. The van der Waals surface area contributed by atoms with Crippen LogP contribution in [0.15, 0.2) is 0 Å². The fourth-order valence-corrected chi connectivity index (χ4v) is 3.35. The number of carbonyl (C=O) groups is 1. The minimum atomic E-state index is 0.384. The Balaban J connectivity index is 2.61. The van der Waals surface area contributed by atoms with Gasteiger partial charge in [-0.3, -0.25) is 9.69 Å². The minimum absolute atomic E-state index is 0.384. The molecule has 1 fully saturated rings. The first kappa shape index (κ1) is 14.0. The number of thioether (sulfide) groups is 1. The van der Waals surface area contributed by atoms with Crippen LogP contribution < -0.4 is 0 Å². The second-order valence-electron chi connectivity index (χ2n) is 4.91. The number of hydrogen-bond donors (Lipinski definition) is 0. The highest BCUT2D eigenvalue weighted by molar-refractivity contribution is 8.00. The summed E-state index contributed by atoms with van der Waals surface area (Å²) in [7, 11) is 0. The number of nitrogens with zero attached hydrogens (tertiary/aromatic N) is 1. The van der Waals surface area contributed by atoms with E-state index >= 15 is 0 Å². The van der Waals surface area contributed by atoms with Crippen LogP contribution in [0, 0.1) is 0 Å². The predicted molar refractivity (Wildman–Crippen MR) is 72.1 cm³/mol. The van der Waals surface area contributed by atoms with E-state index < -0.39 is 0 Å². The van der Waals surface area contributed by atoms with Gasteiger partial charge in [-0.25, -0.2) is 0 Å². The SMILES string of the molecule is CCC(CC)(CN1CCC(=O)CC1C)SC. The molecule has 0 amide bonds. The predicted octanol–water partition coefficient (Wildman–Crippen LogP) is 2.96. The Morgan fingerprint density at radius 3 is 2.50 bits per heavy atom. The van der Waals surface area contributed by atoms with Gasteiger partial charge in [0.15, 0.2) is 0 Å². The van der Waals surface area contributed by atoms with E-state index in [1.54, 1.807) is 0 Å². The molecule has 0 aromatic rings. The smallest absolute Gasteiger partial charge is 0.135 e. The summed E-state index contributed by atoms with van der Waals surface area (Å²) in [5, 5.41) is 0. The molecule has 0 saturated carbocycles. The second kappa shape index (κ2) is 6.06. The first-order valence-electron chi connectivity index (χ1n) is 6.37. The third-order valence-corrected chi connectivity index (χ3v) is 5.61. The fourth-order valence-electron chi connectivity index (χ4n) is 2.48. The van der Waals surface area contributed by atoms with E-state index in [4.69, 9.17) is 0 Å². The zero-order chi connectivity index (χ0) is 12.2. The molecule has 3 heteroatoms. The summed E-state index contributed by atoms with van der Waals surface area (Å²) in [6, 6.07) is 0.436. The van der Waals surface area contributed by atoms with Crippen LogP contribution >= 0.6 is 11.8 Å². The van der Waals surface area contributed by atoms with Crippen LogP contribution in [0.1, 0.15) is 46.5 Å². The Hall–Kier alpha value is -0.0200. The molecule has 0 aromatic carbocycles. The lowest BCUT2D eigenvalue weighted by Gasteiger charge is -2.40. The van der Waals surface area contributed by atoms with Crippen LogP contribution in [0.25, 0.3) is 0 Å². The number of rotatable bonds is 5. The van der Waals surface area contributed by atoms with Crippen molar-refractivity contribution in [2.75, 3.05) is 19.3 Å². The molecule has 1 saturated heterocycles. The van der Waals surface area contributed by atoms with Crippen LogP contribution in [-0.4, -0.2) is 40.8 Å². The van der Waals surface area contributed by atoms with Gasteiger partial charge in [0.1, 0.15) is 5.78 Å². The maximum Gasteiger partial charge on any atom is 0.135 e. The molecule has 0 N–H and O–H groups in total. The zero-order valence-electron chi connectivity index (χ0n) is 11.1. The largest absolute Gasteiger partial charge is 0.300 e. The maximum atomic E-state index is 11.4. The molecule has 0 aliphatic carbocycles. The summed E-state index contributed by atoms with van der Waals surface area (Å²) in [4.78, 5) is 13.9. The van der Waals surface area contributed by atoms with E-state index in [9.17, 15) is 4.79 Å². The molecule has 1 aliphatic rings. The van der Waals surface area contributed by atoms with Gasteiger partial charge >= 0.3 is 0 Å². The molecule has 1 rings (SSSR count). The van der Waals surface area contributed by atoms with Crippen LogP contribution in [-0.2, 0) is 4.79 Å². The van der Waals surface area contributed by atoms with Crippen molar-refractivity contribution in [1.29, 1.82) is 0 Å². The average molecular weight is 243 g/mol. The Bertz CT molecular complexity index is 230. The van der Waals surface area contributed by atoms with E-state index in [1.165, 1.54) is 12.8 Å². The highest BCUT2D eigenvalue weighted by atomic mass is 32.2. The molecular formula is C13H25NOS. The molecule has 0 spiro atoms. The second-order valence-corrected chi connectivity index (χ2v) is 6.18. The Kier molecular flexibility index (Phi) is 5.32. The van der Waals surface area contributed by atoms with Crippen molar-refractivity contribution in [2.24, 2.45) is 0 Å². The number of piperidine rings is 1. The summed E-state index contributed by atoms with van der Waals surface area (Å²) in [6.07, 6.45) is 6.14. The molecule has 0 radical (unpaired) electrons. The normalized spacial score (nSPS) is 23.8. The number of ketones is 1. The number of Topliss-reactive ketones (excluding diaryl/α,β-unsaturated/α-hetero) is 1. The maximum absolute atomic E-state index is 11.4. The highest BCUT2D eigenvalue weighted by Crippen LogP contribution is 2.33. The van der Waals surface area contributed by atoms with E-state index in [1.807, 2.05) is 11.8 Å². The fraction of sp³-hybridized carbons (Fsp3) is 0.923. The molecule has 1 heterocycles. The van der Waals surface area contributed by atoms with Crippen molar-refractivity contribution in [3.05, 3.63) is 0 Å². The Morgan fingerprint density at radius 1 is 1.44 bits per heavy atom. The summed E-state index contributed by atoms with van der Waals surface area (Å²) in [5.74, 6) is 0.437. The summed E-state index contributed by atoms with van der Waals surface area (Å²) >= 11 is 1.99. The van der Waals surface area contributed by atoms with Gasteiger partial charge in [0.25, 0.3) is 0 Å². The standard InChI is InChI=1S/C13H25NOS/c1-5-13(6-2,16-4)10-14-8-7-12(15)9-11(14)3/h11H,5-10H2,1-4H3. The van der Waals surface area contributed by atoms with Crippen molar-refractivity contribution in [1.82, 2.24) is 4.90 Å². The number of hydrogen-bond acceptors (Lipinski definition) is 3. The van der Waals surface area contributed by atoms with Gasteiger partial charge in [0, 0.05) is 36.7 Å². The number of likely N-dealkylation sites (tertiary alicyclic amines) is 1. The topological polar surface area (TPSA) is 20.3 Å². The van der Waals surface area contributed by atoms with E-state index in [0.29, 0.717) is 16.6 Å². The lowest BCUT2D eigenvalue weighted by atomic mass is 9.96. The molecule has 0 bridgehead atoms. The summed E-state index contributed by atoms with van der Waals surface area (Å²) < 4.78 is 0.384. The Morgan fingerprint density at radius 2 is 2.06 bits per heavy atom. The molecule has 1 aliphatic heterocycles. The van der Waals surface area contributed by atoms with Crippen molar-refractivity contribution in [3.63, 3.8) is 0 Å². The monoisotopic (exact) mass is 243 g/mol. The van der Waals surface area contributed by atoms with E-state index in [2.05, 4.69) is 31.9 Å². The molecular weight excluding hydrogens is 218 g/mol. The molecule has 2 nitrogen and oxygen atoms in total. The van der Waals surface area contributed by atoms with Crippen LogP contribution in [0.2, 0.25) is 0 Å².